The predicted octanol–water partition coefficient (Wildman–Crippen LogP) is 3.51. The molecule has 1 aromatic carbocycles. The van der Waals surface area contributed by atoms with Gasteiger partial charge in [-0.1, -0.05) is 18.7 Å². The van der Waals surface area contributed by atoms with E-state index in [4.69, 9.17) is 0 Å². The summed E-state index contributed by atoms with van der Waals surface area (Å²) in [6.45, 7) is 4.33. The summed E-state index contributed by atoms with van der Waals surface area (Å²) < 4.78 is 15.5. The lowest BCUT2D eigenvalue weighted by Crippen LogP contribution is -2.27. The summed E-state index contributed by atoms with van der Waals surface area (Å²) >= 11 is 2.51. The summed E-state index contributed by atoms with van der Waals surface area (Å²) in [6.07, 6.45) is 0.856. The molecule has 0 aliphatic carbocycles. The maximum atomic E-state index is 13.5. The van der Waals surface area contributed by atoms with Gasteiger partial charge in [0.1, 0.15) is 10.5 Å². The number of nitrogens with zero attached hydrogens (tertiary/aromatic N) is 2. The molecule has 1 amide bonds. The third kappa shape index (κ3) is 3.81. The average molecular weight is 391 g/mol. The molecule has 1 N–H and O–H groups in total. The van der Waals surface area contributed by atoms with Crippen LogP contribution in [0.3, 0.4) is 0 Å². The highest BCUT2D eigenvalue weighted by Crippen LogP contribution is 2.25. The van der Waals surface area contributed by atoms with Crippen molar-refractivity contribution in [3.05, 3.63) is 51.4 Å². The summed E-state index contributed by atoms with van der Waals surface area (Å²) in [5.41, 5.74) is 1.58. The van der Waals surface area contributed by atoms with E-state index in [0.717, 1.165) is 6.42 Å². The largest absolute Gasteiger partial charge is 0.355 e. The van der Waals surface area contributed by atoms with E-state index >= 15 is 0 Å². The van der Waals surface area contributed by atoms with Crippen molar-refractivity contribution in [3.8, 4) is 5.69 Å². The number of hydrogen-bond donors (Lipinski definition) is 1. The second-order valence-electron chi connectivity index (χ2n) is 5.74. The van der Waals surface area contributed by atoms with Crippen LogP contribution in [-0.4, -0.2) is 27.8 Å². The molecule has 0 atom stereocenters. The number of carbonyl (C=O) groups excluding carboxylic acids is 1. The van der Waals surface area contributed by atoms with Crippen LogP contribution in [0, 0.1) is 12.7 Å². The van der Waals surface area contributed by atoms with Gasteiger partial charge in [-0.2, -0.15) is 0 Å². The van der Waals surface area contributed by atoms with E-state index in [0.29, 0.717) is 33.2 Å². The summed E-state index contributed by atoms with van der Waals surface area (Å²) in [4.78, 5) is 29.5. The number of rotatable bonds is 6. The molecule has 0 radical (unpaired) electrons. The SMILES string of the molecule is CCCNC(=O)CSc1nc2ccsc2c(=O)n1-c1ccc(F)cc1C. The van der Waals surface area contributed by atoms with Gasteiger partial charge in [-0.15, -0.1) is 11.3 Å². The van der Waals surface area contributed by atoms with Gasteiger partial charge in [-0.3, -0.25) is 14.2 Å². The minimum absolute atomic E-state index is 0.112. The van der Waals surface area contributed by atoms with Crippen molar-refractivity contribution >= 4 is 39.2 Å². The molecule has 2 heterocycles. The summed E-state index contributed by atoms with van der Waals surface area (Å²) in [7, 11) is 0. The summed E-state index contributed by atoms with van der Waals surface area (Å²) in [5, 5.41) is 5.03. The van der Waals surface area contributed by atoms with Crippen LogP contribution >= 0.6 is 23.1 Å². The molecule has 8 heteroatoms. The van der Waals surface area contributed by atoms with Crippen LogP contribution in [0.25, 0.3) is 15.9 Å². The van der Waals surface area contributed by atoms with Gasteiger partial charge in [-0.25, -0.2) is 9.37 Å². The first-order chi connectivity index (χ1) is 12.5. The van der Waals surface area contributed by atoms with Crippen molar-refractivity contribution in [2.75, 3.05) is 12.3 Å². The number of benzene rings is 1. The van der Waals surface area contributed by atoms with Gasteiger partial charge < -0.3 is 5.32 Å². The summed E-state index contributed by atoms with van der Waals surface area (Å²) in [6, 6.07) is 6.04. The van der Waals surface area contributed by atoms with Gasteiger partial charge in [0, 0.05) is 6.54 Å². The van der Waals surface area contributed by atoms with Crippen LogP contribution in [0.15, 0.2) is 39.6 Å². The molecule has 0 unspecified atom stereocenters. The van der Waals surface area contributed by atoms with E-state index in [-0.39, 0.29) is 23.0 Å². The molecular weight excluding hydrogens is 373 g/mol. The van der Waals surface area contributed by atoms with Crippen LogP contribution in [0.4, 0.5) is 4.39 Å². The number of thioether (sulfide) groups is 1. The van der Waals surface area contributed by atoms with Crippen molar-refractivity contribution in [2.24, 2.45) is 0 Å². The molecule has 0 aliphatic rings. The number of amides is 1. The van der Waals surface area contributed by atoms with E-state index in [1.54, 1.807) is 19.1 Å². The zero-order valence-electron chi connectivity index (χ0n) is 14.4. The number of aryl methyl sites for hydroxylation is 1. The Morgan fingerprint density at radius 3 is 2.92 bits per heavy atom. The van der Waals surface area contributed by atoms with E-state index in [1.807, 2.05) is 12.3 Å². The standard InChI is InChI=1S/C18H18FN3O2S2/c1-3-7-20-15(23)10-26-18-21-13-6-8-25-16(13)17(24)22(18)14-5-4-12(19)9-11(14)2/h4-6,8-9H,3,7,10H2,1-2H3,(H,20,23). The molecule has 0 spiro atoms. The molecule has 3 aromatic rings. The molecule has 2 aromatic heterocycles. The minimum atomic E-state index is -0.363. The molecular formula is C18H18FN3O2S2. The third-order valence-electron chi connectivity index (χ3n) is 3.75. The monoisotopic (exact) mass is 391 g/mol. The van der Waals surface area contributed by atoms with Crippen molar-refractivity contribution in [3.63, 3.8) is 0 Å². The lowest BCUT2D eigenvalue weighted by molar-refractivity contribution is -0.118. The Kier molecular flexibility index (Phi) is 5.73. The lowest BCUT2D eigenvalue weighted by Gasteiger charge is -2.14. The van der Waals surface area contributed by atoms with Crippen LogP contribution in [0.2, 0.25) is 0 Å². The first kappa shape index (κ1) is 18.6. The van der Waals surface area contributed by atoms with Crippen molar-refractivity contribution in [1.82, 2.24) is 14.9 Å². The van der Waals surface area contributed by atoms with Gasteiger partial charge >= 0.3 is 0 Å². The number of thiophene rings is 1. The Morgan fingerprint density at radius 2 is 2.19 bits per heavy atom. The van der Waals surface area contributed by atoms with Gasteiger partial charge in [0.2, 0.25) is 5.91 Å². The van der Waals surface area contributed by atoms with Crippen LogP contribution in [0.5, 0.6) is 0 Å². The van der Waals surface area contributed by atoms with Gasteiger partial charge in [0.05, 0.1) is 17.0 Å². The van der Waals surface area contributed by atoms with Gasteiger partial charge in [0.15, 0.2) is 5.16 Å². The number of fused-ring (bicyclic) bond motifs is 1. The molecule has 0 saturated carbocycles. The lowest BCUT2D eigenvalue weighted by atomic mass is 10.2. The smallest absolute Gasteiger partial charge is 0.276 e. The van der Waals surface area contributed by atoms with Crippen molar-refractivity contribution < 1.29 is 9.18 Å². The minimum Gasteiger partial charge on any atom is -0.355 e. The first-order valence-corrected chi connectivity index (χ1v) is 10.0. The molecule has 5 nitrogen and oxygen atoms in total. The second kappa shape index (κ2) is 8.01. The van der Waals surface area contributed by atoms with Crippen LogP contribution in [-0.2, 0) is 4.79 Å². The van der Waals surface area contributed by atoms with Crippen LogP contribution < -0.4 is 10.9 Å². The molecule has 0 fully saturated rings. The van der Waals surface area contributed by atoms with E-state index in [1.165, 1.54) is 39.8 Å². The fourth-order valence-electron chi connectivity index (χ4n) is 2.52. The molecule has 0 aliphatic heterocycles. The maximum absolute atomic E-state index is 13.5. The van der Waals surface area contributed by atoms with Gasteiger partial charge in [0.25, 0.3) is 5.56 Å². The Labute approximate surface area is 158 Å². The zero-order valence-corrected chi connectivity index (χ0v) is 16.0. The first-order valence-electron chi connectivity index (χ1n) is 8.17. The highest BCUT2D eigenvalue weighted by atomic mass is 32.2. The Morgan fingerprint density at radius 1 is 1.38 bits per heavy atom. The average Bonchev–Trinajstić information content (AvgIpc) is 3.08. The Bertz CT molecular complexity index is 1010. The number of halogens is 1. The highest BCUT2D eigenvalue weighted by molar-refractivity contribution is 7.99. The van der Waals surface area contributed by atoms with E-state index in [2.05, 4.69) is 10.3 Å². The summed E-state index contributed by atoms with van der Waals surface area (Å²) in [5.74, 6) is -0.320. The normalized spacial score (nSPS) is 11.0. The number of carbonyl (C=O) groups is 1. The van der Waals surface area contributed by atoms with Gasteiger partial charge in [-0.05, 0) is 48.6 Å². The topological polar surface area (TPSA) is 64.0 Å². The van der Waals surface area contributed by atoms with Crippen molar-refractivity contribution in [2.45, 2.75) is 25.4 Å². The number of aromatic nitrogens is 2. The quantitative estimate of drug-likeness (QED) is 0.516. The van der Waals surface area contributed by atoms with Crippen molar-refractivity contribution in [1.29, 1.82) is 0 Å². The fourth-order valence-corrected chi connectivity index (χ4v) is 4.11. The van der Waals surface area contributed by atoms with E-state index in [9.17, 15) is 14.0 Å². The highest BCUT2D eigenvalue weighted by Gasteiger charge is 2.17. The van der Waals surface area contributed by atoms with E-state index < -0.39 is 0 Å². The molecule has 136 valence electrons. The predicted molar refractivity (Wildman–Crippen MR) is 104 cm³/mol. The molecule has 3 rings (SSSR count). The molecule has 26 heavy (non-hydrogen) atoms. The second-order valence-corrected chi connectivity index (χ2v) is 7.60. The third-order valence-corrected chi connectivity index (χ3v) is 5.58. The van der Waals surface area contributed by atoms with Crippen LogP contribution in [0.1, 0.15) is 18.9 Å². The molecule has 0 bridgehead atoms. The number of nitrogens with one attached hydrogen (secondary N) is 1. The number of hydrogen-bond acceptors (Lipinski definition) is 5. The fraction of sp³-hybridized carbons (Fsp3) is 0.278. The zero-order chi connectivity index (χ0) is 18.7. The Balaban J connectivity index is 2.06. The maximum Gasteiger partial charge on any atom is 0.276 e. The Hall–Kier alpha value is -2.19. The molecule has 0 saturated heterocycles.